The minimum atomic E-state index is -1.19. The lowest BCUT2D eigenvalue weighted by Crippen LogP contribution is -2.23. The number of para-hydroxylation sites is 1. The van der Waals surface area contributed by atoms with Crippen molar-refractivity contribution in [3.8, 4) is 17.7 Å². The molecular weight excluding hydrogens is 419 g/mol. The van der Waals surface area contributed by atoms with Gasteiger partial charge in [-0.05, 0) is 48.2 Å². The molecule has 0 N–H and O–H groups in total. The molecule has 0 bridgehead atoms. The maximum absolute atomic E-state index is 13.8. The van der Waals surface area contributed by atoms with E-state index in [4.69, 9.17) is 9.47 Å². The van der Waals surface area contributed by atoms with Gasteiger partial charge in [0.25, 0.3) is 0 Å². The van der Waals surface area contributed by atoms with Crippen molar-refractivity contribution in [2.75, 3.05) is 0 Å². The highest BCUT2D eigenvalue weighted by Gasteiger charge is 2.26. The number of carbonyl (C=O) groups is 1. The van der Waals surface area contributed by atoms with Gasteiger partial charge in [-0.15, -0.1) is 0 Å². The van der Waals surface area contributed by atoms with Gasteiger partial charge in [-0.3, -0.25) is 4.79 Å². The van der Waals surface area contributed by atoms with Crippen molar-refractivity contribution in [1.29, 1.82) is 5.26 Å². The molecular formula is C27H25FN2O3. The molecule has 1 heterocycles. The zero-order valence-electron chi connectivity index (χ0n) is 18.7. The van der Waals surface area contributed by atoms with Crippen molar-refractivity contribution < 1.29 is 18.7 Å². The van der Waals surface area contributed by atoms with Crippen LogP contribution in [0.2, 0.25) is 0 Å². The lowest BCUT2D eigenvalue weighted by atomic mass is 9.94. The Hall–Kier alpha value is -3.98. The molecule has 3 aromatic rings. The Morgan fingerprint density at radius 1 is 1.09 bits per heavy atom. The van der Waals surface area contributed by atoms with Gasteiger partial charge in [0.1, 0.15) is 17.6 Å². The highest BCUT2D eigenvalue weighted by molar-refractivity contribution is 5.76. The molecule has 0 aliphatic rings. The highest BCUT2D eigenvalue weighted by Crippen LogP contribution is 2.25. The molecule has 0 radical (unpaired) electrons. The Balaban J connectivity index is 1.74. The van der Waals surface area contributed by atoms with Crippen molar-refractivity contribution in [1.82, 2.24) is 4.98 Å². The second kappa shape index (κ2) is 11.1. The minimum absolute atomic E-state index is 0.0934. The summed E-state index contributed by atoms with van der Waals surface area (Å²) in [7, 11) is 0. The quantitative estimate of drug-likeness (QED) is 0.375. The highest BCUT2D eigenvalue weighted by atomic mass is 19.1. The smallest absolute Gasteiger partial charge is 0.314 e. The third-order valence-electron chi connectivity index (χ3n) is 5.01. The molecule has 0 fully saturated rings. The predicted octanol–water partition coefficient (Wildman–Crippen LogP) is 6.41. The Morgan fingerprint density at radius 2 is 1.85 bits per heavy atom. The molecule has 2 atom stereocenters. The maximum atomic E-state index is 13.8. The number of nitrogens with zero attached hydrogens (tertiary/aromatic N) is 2. The molecule has 2 unspecified atom stereocenters. The number of hydrogen-bond acceptors (Lipinski definition) is 5. The third-order valence-corrected chi connectivity index (χ3v) is 5.01. The van der Waals surface area contributed by atoms with Gasteiger partial charge >= 0.3 is 5.97 Å². The van der Waals surface area contributed by atoms with Crippen LogP contribution in [0, 0.1) is 35.9 Å². The number of aryl methyl sites for hydroxylation is 1. The zero-order chi connectivity index (χ0) is 23.8. The molecule has 6 heteroatoms. The average molecular weight is 445 g/mol. The van der Waals surface area contributed by atoms with E-state index < -0.39 is 18.0 Å². The number of aromatic nitrogens is 1. The number of rotatable bonds is 8. The monoisotopic (exact) mass is 444 g/mol. The first-order valence-electron chi connectivity index (χ1n) is 10.6. The normalized spacial score (nSPS) is 12.8. The molecule has 0 amide bonds. The van der Waals surface area contributed by atoms with Gasteiger partial charge in [0.15, 0.2) is 0 Å². The van der Waals surface area contributed by atoms with Crippen LogP contribution in [0.15, 0.2) is 72.8 Å². The Labute approximate surface area is 193 Å². The molecule has 0 saturated carbocycles. The van der Waals surface area contributed by atoms with Gasteiger partial charge in [0, 0.05) is 6.07 Å². The van der Waals surface area contributed by atoms with Crippen LogP contribution in [0.25, 0.3) is 6.08 Å². The van der Waals surface area contributed by atoms with E-state index in [0.29, 0.717) is 16.9 Å². The summed E-state index contributed by atoms with van der Waals surface area (Å²) in [4.78, 5) is 17.2. The van der Waals surface area contributed by atoms with Crippen LogP contribution in [0.5, 0.6) is 11.6 Å². The minimum Gasteiger partial charge on any atom is -0.440 e. The Morgan fingerprint density at radius 3 is 2.52 bits per heavy atom. The van der Waals surface area contributed by atoms with E-state index in [1.54, 1.807) is 61.5 Å². The van der Waals surface area contributed by atoms with E-state index in [2.05, 4.69) is 4.98 Å². The van der Waals surface area contributed by atoms with E-state index >= 15 is 0 Å². The molecule has 33 heavy (non-hydrogen) atoms. The first kappa shape index (κ1) is 23.7. The lowest BCUT2D eigenvalue weighted by molar-refractivity contribution is -0.151. The number of ether oxygens (including phenoxy) is 2. The maximum Gasteiger partial charge on any atom is 0.314 e. The average Bonchev–Trinajstić information content (AvgIpc) is 2.80. The summed E-state index contributed by atoms with van der Waals surface area (Å²) in [5, 5.41) is 9.63. The van der Waals surface area contributed by atoms with Crippen LogP contribution < -0.4 is 4.74 Å². The van der Waals surface area contributed by atoms with E-state index in [1.165, 1.54) is 6.07 Å². The van der Waals surface area contributed by atoms with E-state index in [-0.39, 0.29) is 23.3 Å². The molecule has 168 valence electrons. The van der Waals surface area contributed by atoms with E-state index in [1.807, 2.05) is 38.1 Å². The number of halogens is 1. The van der Waals surface area contributed by atoms with Gasteiger partial charge in [0.2, 0.25) is 12.0 Å². The molecule has 2 aromatic carbocycles. The van der Waals surface area contributed by atoms with Gasteiger partial charge in [-0.25, -0.2) is 9.37 Å². The Bertz CT molecular complexity index is 1170. The number of esters is 1. The van der Waals surface area contributed by atoms with Gasteiger partial charge in [0.05, 0.1) is 11.6 Å². The fourth-order valence-electron chi connectivity index (χ4n) is 3.09. The van der Waals surface area contributed by atoms with Crippen molar-refractivity contribution in [2.24, 2.45) is 11.8 Å². The molecule has 0 aliphatic carbocycles. The van der Waals surface area contributed by atoms with Crippen LogP contribution in [0.1, 0.15) is 36.8 Å². The number of hydrogen-bond donors (Lipinski definition) is 0. The third kappa shape index (κ3) is 6.50. The van der Waals surface area contributed by atoms with Gasteiger partial charge < -0.3 is 9.47 Å². The standard InChI is InChI=1S/C27H25FN2O3/c1-18(2)22(15-14-20-13-12-19(3)23(28)16-20)27(31)33-25(17-29)24-10-7-11-26(30-24)32-21-8-5-4-6-9-21/h4-16,18,22,25H,1-3H3/b15-14+. The Kier molecular flexibility index (Phi) is 7.93. The summed E-state index contributed by atoms with van der Waals surface area (Å²) in [6.07, 6.45) is 2.17. The fraction of sp³-hybridized carbons (Fsp3) is 0.222. The van der Waals surface area contributed by atoms with Gasteiger partial charge in [-0.1, -0.05) is 62.4 Å². The number of benzene rings is 2. The predicted molar refractivity (Wildman–Crippen MR) is 124 cm³/mol. The van der Waals surface area contributed by atoms with Gasteiger partial charge in [-0.2, -0.15) is 5.26 Å². The lowest BCUT2D eigenvalue weighted by Gasteiger charge is -2.18. The van der Waals surface area contributed by atoms with Crippen LogP contribution in [0.4, 0.5) is 4.39 Å². The van der Waals surface area contributed by atoms with Crippen molar-refractivity contribution >= 4 is 12.0 Å². The molecule has 5 nitrogen and oxygen atoms in total. The van der Waals surface area contributed by atoms with E-state index in [9.17, 15) is 14.4 Å². The summed E-state index contributed by atoms with van der Waals surface area (Å²) >= 11 is 0. The second-order valence-electron chi connectivity index (χ2n) is 7.90. The SMILES string of the molecule is Cc1ccc(/C=C/C(C(=O)OC(C#N)c2cccc(Oc3ccccc3)n2)C(C)C)cc1F. The number of carbonyl (C=O) groups excluding carboxylic acids is 1. The van der Waals surface area contributed by atoms with Crippen molar-refractivity contribution in [3.63, 3.8) is 0 Å². The summed E-state index contributed by atoms with van der Waals surface area (Å²) in [5.74, 6) is -0.689. The molecule has 0 saturated heterocycles. The van der Waals surface area contributed by atoms with Crippen molar-refractivity contribution in [2.45, 2.75) is 26.9 Å². The summed E-state index contributed by atoms with van der Waals surface area (Å²) in [6.45, 7) is 5.44. The van der Waals surface area contributed by atoms with Crippen LogP contribution in [-0.4, -0.2) is 11.0 Å². The number of nitriles is 1. The van der Waals surface area contributed by atoms with Crippen LogP contribution in [0.3, 0.4) is 0 Å². The van der Waals surface area contributed by atoms with E-state index in [0.717, 1.165) is 0 Å². The number of pyridine rings is 1. The van der Waals surface area contributed by atoms with Crippen LogP contribution in [-0.2, 0) is 9.53 Å². The summed E-state index contributed by atoms with van der Waals surface area (Å²) in [5.41, 5.74) is 1.46. The first-order valence-corrected chi connectivity index (χ1v) is 10.6. The summed E-state index contributed by atoms with van der Waals surface area (Å²) in [6, 6.07) is 20.9. The molecule has 0 aliphatic heterocycles. The molecule has 1 aromatic heterocycles. The fourth-order valence-corrected chi connectivity index (χ4v) is 3.09. The second-order valence-corrected chi connectivity index (χ2v) is 7.90. The first-order chi connectivity index (χ1) is 15.9. The summed E-state index contributed by atoms with van der Waals surface area (Å²) < 4.78 is 25.0. The zero-order valence-corrected chi connectivity index (χ0v) is 18.7. The molecule has 3 rings (SSSR count). The topological polar surface area (TPSA) is 72.2 Å². The largest absolute Gasteiger partial charge is 0.440 e. The molecule has 0 spiro atoms. The van der Waals surface area contributed by atoms with Crippen LogP contribution >= 0.6 is 0 Å². The van der Waals surface area contributed by atoms with Crippen molar-refractivity contribution in [3.05, 3.63) is 95.4 Å².